The van der Waals surface area contributed by atoms with E-state index >= 15 is 0 Å². The number of nitrogens with two attached hydrogens (primary N) is 1. The second-order valence-corrected chi connectivity index (χ2v) is 7.08. The van der Waals surface area contributed by atoms with E-state index in [-0.39, 0.29) is 0 Å². The van der Waals surface area contributed by atoms with E-state index in [9.17, 15) is 0 Å². The third-order valence-electron chi connectivity index (χ3n) is 5.32. The second-order valence-electron chi connectivity index (χ2n) is 7.08. The molecule has 2 N–H and O–H groups in total. The van der Waals surface area contributed by atoms with Gasteiger partial charge in [-0.25, -0.2) is 4.98 Å². The maximum atomic E-state index is 6.24. The molecule has 2 aromatic rings. The van der Waals surface area contributed by atoms with Crippen molar-refractivity contribution in [3.8, 4) is 0 Å². The summed E-state index contributed by atoms with van der Waals surface area (Å²) in [5.41, 5.74) is 10.9. The Hall–Kier alpha value is -2.15. The van der Waals surface area contributed by atoms with Gasteiger partial charge in [-0.3, -0.25) is 9.58 Å². The highest BCUT2D eigenvalue weighted by atomic mass is 15.3. The summed E-state index contributed by atoms with van der Waals surface area (Å²) in [6, 6.07) is 0. The Balaban J connectivity index is 1.54. The first-order valence-electron chi connectivity index (χ1n) is 9.29. The van der Waals surface area contributed by atoms with Crippen molar-refractivity contribution in [2.24, 2.45) is 0 Å². The van der Waals surface area contributed by atoms with Gasteiger partial charge in [0.15, 0.2) is 0 Å². The second kappa shape index (κ2) is 6.63. The van der Waals surface area contributed by atoms with Crippen molar-refractivity contribution >= 4 is 11.8 Å². The molecular formula is C18H27N7. The van der Waals surface area contributed by atoms with Crippen LogP contribution in [0.4, 0.5) is 11.8 Å². The van der Waals surface area contributed by atoms with Gasteiger partial charge in [0.05, 0.1) is 11.4 Å². The van der Waals surface area contributed by atoms with Crippen LogP contribution in [0.25, 0.3) is 0 Å². The summed E-state index contributed by atoms with van der Waals surface area (Å²) >= 11 is 0. The van der Waals surface area contributed by atoms with Crippen molar-refractivity contribution in [1.82, 2.24) is 24.6 Å². The first kappa shape index (κ1) is 16.3. The lowest BCUT2D eigenvalue weighted by atomic mass is 10.0. The van der Waals surface area contributed by atoms with Crippen LogP contribution < -0.4 is 10.6 Å². The number of anilines is 2. The SMILES string of the molecule is CCn1cc(CN2CCc3c(N)nc(N4CCCC4)nc3C2)c(C)n1. The van der Waals surface area contributed by atoms with Crippen LogP contribution in [0.15, 0.2) is 6.20 Å². The lowest BCUT2D eigenvalue weighted by Crippen LogP contribution is -2.33. The van der Waals surface area contributed by atoms with Gasteiger partial charge in [0, 0.05) is 56.6 Å². The Labute approximate surface area is 148 Å². The molecule has 0 aliphatic carbocycles. The Kier molecular flexibility index (Phi) is 4.33. The highest BCUT2D eigenvalue weighted by molar-refractivity contribution is 5.49. The molecule has 25 heavy (non-hydrogen) atoms. The van der Waals surface area contributed by atoms with Crippen molar-refractivity contribution in [1.29, 1.82) is 0 Å². The molecule has 7 heteroatoms. The fraction of sp³-hybridized carbons (Fsp3) is 0.611. The molecule has 134 valence electrons. The van der Waals surface area contributed by atoms with E-state index in [1.54, 1.807) is 0 Å². The maximum absolute atomic E-state index is 6.24. The van der Waals surface area contributed by atoms with E-state index in [0.29, 0.717) is 5.82 Å². The van der Waals surface area contributed by atoms with Gasteiger partial charge in [0.2, 0.25) is 5.95 Å². The van der Waals surface area contributed by atoms with Crippen molar-refractivity contribution in [2.75, 3.05) is 30.3 Å². The molecule has 2 aromatic heterocycles. The van der Waals surface area contributed by atoms with Crippen LogP contribution in [0.5, 0.6) is 0 Å². The predicted molar refractivity (Wildman–Crippen MR) is 98.3 cm³/mol. The number of rotatable bonds is 4. The van der Waals surface area contributed by atoms with E-state index < -0.39 is 0 Å². The first-order chi connectivity index (χ1) is 12.1. The minimum atomic E-state index is 0.668. The normalized spacial score (nSPS) is 17.9. The van der Waals surface area contributed by atoms with Gasteiger partial charge < -0.3 is 10.6 Å². The molecule has 0 bridgehead atoms. The zero-order valence-electron chi connectivity index (χ0n) is 15.2. The van der Waals surface area contributed by atoms with Crippen LogP contribution in [0.1, 0.15) is 42.3 Å². The third-order valence-corrected chi connectivity index (χ3v) is 5.32. The molecule has 4 heterocycles. The lowest BCUT2D eigenvalue weighted by molar-refractivity contribution is 0.241. The summed E-state index contributed by atoms with van der Waals surface area (Å²) in [5.74, 6) is 1.48. The molecule has 0 amide bonds. The van der Waals surface area contributed by atoms with Gasteiger partial charge in [0.25, 0.3) is 0 Å². The average molecular weight is 341 g/mol. The summed E-state index contributed by atoms with van der Waals surface area (Å²) in [4.78, 5) is 14.1. The van der Waals surface area contributed by atoms with Gasteiger partial charge in [-0.15, -0.1) is 0 Å². The topological polar surface area (TPSA) is 76.1 Å². The Morgan fingerprint density at radius 1 is 1.16 bits per heavy atom. The van der Waals surface area contributed by atoms with Crippen molar-refractivity contribution < 1.29 is 0 Å². The van der Waals surface area contributed by atoms with Gasteiger partial charge in [0.1, 0.15) is 5.82 Å². The van der Waals surface area contributed by atoms with E-state index in [2.05, 4.69) is 39.9 Å². The Morgan fingerprint density at radius 2 is 1.96 bits per heavy atom. The monoisotopic (exact) mass is 341 g/mol. The molecule has 4 rings (SSSR count). The zero-order chi connectivity index (χ0) is 17.4. The summed E-state index contributed by atoms with van der Waals surface area (Å²) in [6.07, 6.45) is 5.51. The molecule has 0 unspecified atom stereocenters. The predicted octanol–water partition coefficient (Wildman–Crippen LogP) is 1.74. The van der Waals surface area contributed by atoms with Crippen LogP contribution >= 0.6 is 0 Å². The molecule has 2 aliphatic rings. The van der Waals surface area contributed by atoms with Crippen molar-refractivity contribution in [3.63, 3.8) is 0 Å². The number of fused-ring (bicyclic) bond motifs is 1. The first-order valence-corrected chi connectivity index (χ1v) is 9.29. The van der Waals surface area contributed by atoms with Crippen LogP contribution in [0.3, 0.4) is 0 Å². The fourth-order valence-corrected chi connectivity index (χ4v) is 3.81. The number of nitrogens with zero attached hydrogens (tertiary/aromatic N) is 6. The van der Waals surface area contributed by atoms with Gasteiger partial charge in [-0.1, -0.05) is 0 Å². The number of nitrogen functional groups attached to an aromatic ring is 1. The highest BCUT2D eigenvalue weighted by Crippen LogP contribution is 2.26. The smallest absolute Gasteiger partial charge is 0.227 e. The van der Waals surface area contributed by atoms with E-state index in [1.807, 2.05) is 4.68 Å². The largest absolute Gasteiger partial charge is 0.383 e. The number of aryl methyl sites for hydroxylation is 2. The van der Waals surface area contributed by atoms with Crippen LogP contribution in [0, 0.1) is 6.92 Å². The molecule has 1 fully saturated rings. The molecular weight excluding hydrogens is 314 g/mol. The lowest BCUT2D eigenvalue weighted by Gasteiger charge is -2.29. The minimum absolute atomic E-state index is 0.668. The standard InChI is InChI=1S/C18H27N7/c1-3-25-11-14(13(2)22-25)10-23-9-6-15-16(12-23)20-18(21-17(15)19)24-7-4-5-8-24/h11H,3-10,12H2,1-2H3,(H2,19,20,21). The summed E-state index contributed by atoms with van der Waals surface area (Å²) in [6.45, 7) is 9.92. The van der Waals surface area contributed by atoms with E-state index in [1.165, 1.54) is 18.4 Å². The number of aromatic nitrogens is 4. The number of hydrogen-bond donors (Lipinski definition) is 1. The van der Waals surface area contributed by atoms with Gasteiger partial charge in [-0.05, 0) is 33.1 Å². The van der Waals surface area contributed by atoms with Gasteiger partial charge in [-0.2, -0.15) is 10.1 Å². The molecule has 0 spiro atoms. The summed E-state index contributed by atoms with van der Waals surface area (Å²) < 4.78 is 2.01. The van der Waals surface area contributed by atoms with Crippen LogP contribution in [-0.2, 0) is 26.1 Å². The molecule has 1 saturated heterocycles. The highest BCUT2D eigenvalue weighted by Gasteiger charge is 2.24. The van der Waals surface area contributed by atoms with Crippen molar-refractivity contribution in [2.45, 2.75) is 52.7 Å². The zero-order valence-corrected chi connectivity index (χ0v) is 15.2. The van der Waals surface area contributed by atoms with Crippen molar-refractivity contribution in [3.05, 3.63) is 28.7 Å². The molecule has 0 saturated carbocycles. The van der Waals surface area contributed by atoms with E-state index in [0.717, 1.165) is 68.6 Å². The third kappa shape index (κ3) is 3.20. The maximum Gasteiger partial charge on any atom is 0.227 e. The summed E-state index contributed by atoms with van der Waals surface area (Å²) in [5, 5.41) is 4.56. The molecule has 0 atom stereocenters. The van der Waals surface area contributed by atoms with E-state index in [4.69, 9.17) is 10.7 Å². The molecule has 2 aliphatic heterocycles. The molecule has 7 nitrogen and oxygen atoms in total. The molecule has 0 radical (unpaired) electrons. The van der Waals surface area contributed by atoms with Crippen LogP contribution in [-0.4, -0.2) is 44.3 Å². The Bertz CT molecular complexity index is 761. The average Bonchev–Trinajstić information content (AvgIpc) is 3.25. The quantitative estimate of drug-likeness (QED) is 0.913. The minimum Gasteiger partial charge on any atom is -0.383 e. The fourth-order valence-electron chi connectivity index (χ4n) is 3.81. The molecule has 0 aromatic carbocycles. The Morgan fingerprint density at radius 3 is 2.68 bits per heavy atom. The summed E-state index contributed by atoms with van der Waals surface area (Å²) in [7, 11) is 0. The number of hydrogen-bond acceptors (Lipinski definition) is 6. The van der Waals surface area contributed by atoms with Gasteiger partial charge >= 0.3 is 0 Å². The van der Waals surface area contributed by atoms with Crippen LogP contribution in [0.2, 0.25) is 0 Å².